The SMILES string of the molecule is Cc1c(O)c(C)c(OBr)c(C)c1O. The summed E-state index contributed by atoms with van der Waals surface area (Å²) in [6, 6.07) is 0. The maximum absolute atomic E-state index is 9.56. The van der Waals surface area contributed by atoms with Crippen molar-refractivity contribution in [3.8, 4) is 17.2 Å². The first-order valence-corrected chi connectivity index (χ1v) is 4.45. The maximum atomic E-state index is 9.56. The van der Waals surface area contributed by atoms with Gasteiger partial charge in [-0.3, -0.25) is 0 Å². The van der Waals surface area contributed by atoms with Crippen LogP contribution in [-0.4, -0.2) is 10.2 Å². The van der Waals surface area contributed by atoms with Crippen LogP contribution in [0, 0.1) is 20.8 Å². The summed E-state index contributed by atoms with van der Waals surface area (Å²) >= 11 is 2.83. The first-order chi connectivity index (χ1) is 6.00. The van der Waals surface area contributed by atoms with E-state index in [9.17, 15) is 10.2 Å². The third kappa shape index (κ3) is 1.46. The molecule has 0 aliphatic heterocycles. The minimum absolute atomic E-state index is 0.0672. The first kappa shape index (κ1) is 10.2. The predicted molar refractivity (Wildman–Crippen MR) is 53.5 cm³/mol. The molecule has 4 heteroatoms. The van der Waals surface area contributed by atoms with Gasteiger partial charge < -0.3 is 14.0 Å². The van der Waals surface area contributed by atoms with Crippen molar-refractivity contribution in [1.82, 2.24) is 0 Å². The van der Waals surface area contributed by atoms with Gasteiger partial charge in [0.05, 0.1) is 0 Å². The van der Waals surface area contributed by atoms with Crippen LogP contribution < -0.4 is 3.83 Å². The summed E-state index contributed by atoms with van der Waals surface area (Å²) in [5.74, 6) is 0.593. The number of halogens is 1. The van der Waals surface area contributed by atoms with E-state index < -0.39 is 0 Å². The van der Waals surface area contributed by atoms with Gasteiger partial charge >= 0.3 is 0 Å². The molecular formula is C9H11BrO3. The molecule has 13 heavy (non-hydrogen) atoms. The highest BCUT2D eigenvalue weighted by molar-refractivity contribution is 9.06. The van der Waals surface area contributed by atoms with Crippen molar-refractivity contribution in [3.05, 3.63) is 16.7 Å². The molecule has 0 bridgehead atoms. The lowest BCUT2D eigenvalue weighted by molar-refractivity contribution is 0.432. The van der Waals surface area contributed by atoms with E-state index in [1.807, 2.05) is 0 Å². The van der Waals surface area contributed by atoms with Crippen molar-refractivity contribution in [2.45, 2.75) is 20.8 Å². The molecule has 0 saturated heterocycles. The summed E-state index contributed by atoms with van der Waals surface area (Å²) in [4.78, 5) is 0. The second-order valence-corrected chi connectivity index (χ2v) is 3.30. The molecule has 0 spiro atoms. The topological polar surface area (TPSA) is 49.7 Å². The summed E-state index contributed by atoms with van der Waals surface area (Å²) in [6.07, 6.45) is 0. The summed E-state index contributed by atoms with van der Waals surface area (Å²) in [5.41, 5.74) is 1.71. The summed E-state index contributed by atoms with van der Waals surface area (Å²) in [5, 5.41) is 19.1. The van der Waals surface area contributed by atoms with Crippen LogP contribution in [0.2, 0.25) is 0 Å². The van der Waals surface area contributed by atoms with Gasteiger partial charge in [0, 0.05) is 16.7 Å². The molecule has 1 rings (SSSR count). The van der Waals surface area contributed by atoms with Crippen molar-refractivity contribution in [2.24, 2.45) is 0 Å². The summed E-state index contributed by atoms with van der Waals surface area (Å²) < 4.78 is 4.88. The largest absolute Gasteiger partial charge is 0.507 e. The number of phenols is 2. The monoisotopic (exact) mass is 246 g/mol. The molecule has 0 heterocycles. The fourth-order valence-corrected chi connectivity index (χ4v) is 1.77. The molecular weight excluding hydrogens is 236 g/mol. The Morgan fingerprint density at radius 3 is 1.62 bits per heavy atom. The Balaban J connectivity index is 3.56. The number of phenolic OH excluding ortho intramolecular Hbond substituents is 2. The molecule has 0 saturated carbocycles. The number of benzene rings is 1. The molecule has 0 unspecified atom stereocenters. The van der Waals surface area contributed by atoms with E-state index in [1.54, 1.807) is 20.8 Å². The van der Waals surface area contributed by atoms with E-state index in [4.69, 9.17) is 3.83 Å². The van der Waals surface area contributed by atoms with Crippen LogP contribution in [-0.2, 0) is 0 Å². The van der Waals surface area contributed by atoms with Crippen LogP contribution in [0.5, 0.6) is 17.2 Å². The molecule has 1 aromatic carbocycles. The van der Waals surface area contributed by atoms with E-state index in [1.165, 1.54) is 0 Å². The molecule has 0 amide bonds. The van der Waals surface area contributed by atoms with Gasteiger partial charge in [0.1, 0.15) is 17.2 Å². The molecule has 2 N–H and O–H groups in total. The molecule has 0 aliphatic rings. The van der Waals surface area contributed by atoms with E-state index >= 15 is 0 Å². The van der Waals surface area contributed by atoms with Crippen LogP contribution in [0.4, 0.5) is 0 Å². The van der Waals surface area contributed by atoms with Gasteiger partial charge in [-0.15, -0.1) is 0 Å². The van der Waals surface area contributed by atoms with E-state index in [-0.39, 0.29) is 11.5 Å². The van der Waals surface area contributed by atoms with Gasteiger partial charge in [-0.25, -0.2) is 0 Å². The number of hydrogen-bond acceptors (Lipinski definition) is 3. The Hall–Kier alpha value is -0.900. The van der Waals surface area contributed by atoms with Crippen molar-refractivity contribution in [1.29, 1.82) is 0 Å². The van der Waals surface area contributed by atoms with Crippen LogP contribution in [0.15, 0.2) is 0 Å². The summed E-state index contributed by atoms with van der Waals surface area (Å²) in [6.45, 7) is 5.11. The fourth-order valence-electron chi connectivity index (χ4n) is 1.29. The van der Waals surface area contributed by atoms with Crippen molar-refractivity contribution in [3.63, 3.8) is 0 Å². The molecule has 3 nitrogen and oxygen atoms in total. The third-order valence-corrected chi connectivity index (χ3v) is 2.50. The molecule has 0 radical (unpaired) electrons. The van der Waals surface area contributed by atoms with Gasteiger partial charge in [-0.1, -0.05) is 0 Å². The van der Waals surface area contributed by atoms with Gasteiger partial charge in [0.2, 0.25) is 0 Å². The van der Waals surface area contributed by atoms with E-state index in [0.29, 0.717) is 22.4 Å². The standard InChI is InChI=1S/C9H11BrO3/c1-4-7(11)5(2)9(13-10)6(3)8(4)12/h11-12H,1-3H3. The Kier molecular flexibility index (Phi) is 2.71. The fraction of sp³-hybridized carbons (Fsp3) is 0.333. The lowest BCUT2D eigenvalue weighted by Crippen LogP contribution is -1.91. The summed E-state index contributed by atoms with van der Waals surface area (Å²) in [7, 11) is 0. The number of rotatable bonds is 1. The normalized spacial score (nSPS) is 10.2. The second kappa shape index (κ2) is 3.46. The molecule has 1 aromatic rings. The van der Waals surface area contributed by atoms with E-state index in [2.05, 4.69) is 16.3 Å². The third-order valence-electron chi connectivity index (χ3n) is 2.18. The zero-order chi connectivity index (χ0) is 10.2. The highest BCUT2D eigenvalue weighted by Gasteiger charge is 2.16. The Morgan fingerprint density at radius 1 is 0.923 bits per heavy atom. The van der Waals surface area contributed by atoms with Crippen LogP contribution >= 0.6 is 16.3 Å². The predicted octanol–water partition coefficient (Wildman–Crippen LogP) is 2.71. The minimum atomic E-state index is 0.0672. The Labute approximate surface area is 85.4 Å². The quantitative estimate of drug-likeness (QED) is 0.802. The van der Waals surface area contributed by atoms with Crippen molar-refractivity contribution in [2.75, 3.05) is 0 Å². The van der Waals surface area contributed by atoms with Gasteiger partial charge in [-0.05, 0) is 20.8 Å². The highest BCUT2D eigenvalue weighted by Crippen LogP contribution is 2.41. The van der Waals surface area contributed by atoms with Gasteiger partial charge in [-0.2, -0.15) is 0 Å². The lowest BCUT2D eigenvalue weighted by atomic mass is 10.0. The smallest absolute Gasteiger partial charge is 0.179 e. The molecule has 0 aliphatic carbocycles. The van der Waals surface area contributed by atoms with Crippen LogP contribution in [0.3, 0.4) is 0 Å². The minimum Gasteiger partial charge on any atom is -0.507 e. The van der Waals surface area contributed by atoms with Crippen LogP contribution in [0.1, 0.15) is 16.7 Å². The zero-order valence-electron chi connectivity index (χ0n) is 7.68. The second-order valence-electron chi connectivity index (χ2n) is 2.98. The molecule has 72 valence electrons. The lowest BCUT2D eigenvalue weighted by Gasteiger charge is -2.12. The van der Waals surface area contributed by atoms with Gasteiger partial charge in [0.25, 0.3) is 0 Å². The Morgan fingerprint density at radius 2 is 1.31 bits per heavy atom. The van der Waals surface area contributed by atoms with Crippen LogP contribution in [0.25, 0.3) is 0 Å². The molecule has 0 aromatic heterocycles. The first-order valence-electron chi connectivity index (χ1n) is 3.81. The maximum Gasteiger partial charge on any atom is 0.179 e. The van der Waals surface area contributed by atoms with Crippen molar-refractivity contribution >= 4 is 16.3 Å². The molecule has 0 fully saturated rings. The number of hydrogen-bond donors (Lipinski definition) is 2. The average molecular weight is 247 g/mol. The van der Waals surface area contributed by atoms with Crippen molar-refractivity contribution < 1.29 is 14.0 Å². The Bertz CT molecular complexity index is 318. The zero-order valence-corrected chi connectivity index (χ0v) is 9.27. The highest BCUT2D eigenvalue weighted by atomic mass is 79.9. The van der Waals surface area contributed by atoms with E-state index in [0.717, 1.165) is 0 Å². The average Bonchev–Trinajstić information content (AvgIpc) is 2.13. The molecule has 0 atom stereocenters. The number of aromatic hydroxyl groups is 2. The van der Waals surface area contributed by atoms with Gasteiger partial charge in [0.15, 0.2) is 16.3 Å².